The Morgan fingerprint density at radius 3 is 2.26 bits per heavy atom. The van der Waals surface area contributed by atoms with Gasteiger partial charge < -0.3 is 29.9 Å². The number of likely N-dealkylation sites (N-methyl/N-ethyl adjacent to an activating group) is 1. The minimum absolute atomic E-state index is 0.0309. The highest BCUT2D eigenvalue weighted by molar-refractivity contribution is 6.00. The van der Waals surface area contributed by atoms with Gasteiger partial charge in [0.25, 0.3) is 5.91 Å². The molecule has 0 aromatic heterocycles. The number of urea groups is 1. The summed E-state index contributed by atoms with van der Waals surface area (Å²) in [5, 5.41) is 5.22. The molecule has 4 rings (SSSR count). The number of amides is 4. The van der Waals surface area contributed by atoms with Gasteiger partial charge in [-0.1, -0.05) is 31.0 Å². The molecule has 250 valence electrons. The number of nitrogens with one attached hydrogen (secondary N) is 2. The third kappa shape index (κ3) is 10.2. The number of ether oxygens (including phenoxy) is 2. The lowest BCUT2D eigenvalue weighted by molar-refractivity contribution is -0.120. The Hall–Kier alpha value is -5.00. The van der Waals surface area contributed by atoms with E-state index < -0.39 is 47.7 Å². The second kappa shape index (κ2) is 15.5. The first-order chi connectivity index (χ1) is 22.3. The molecule has 3 aromatic rings. The molecule has 0 bridgehead atoms. The zero-order valence-corrected chi connectivity index (χ0v) is 27.0. The molecule has 0 radical (unpaired) electrons. The average Bonchev–Trinajstić information content (AvgIpc) is 3.53. The van der Waals surface area contributed by atoms with Crippen LogP contribution in [0.25, 0.3) is 0 Å². The molecular weight excluding hydrogens is 610 g/mol. The van der Waals surface area contributed by atoms with Gasteiger partial charge in [0.1, 0.15) is 23.0 Å². The number of anilines is 3. The molecule has 1 aliphatic rings. The number of hydrogen-bond acceptors (Lipinski definition) is 6. The Kier molecular flexibility index (Phi) is 11.5. The van der Waals surface area contributed by atoms with Crippen molar-refractivity contribution in [2.45, 2.75) is 52.1 Å². The molecule has 47 heavy (non-hydrogen) atoms. The smallest absolute Gasteiger partial charge is 0.338 e. The summed E-state index contributed by atoms with van der Waals surface area (Å²) in [6.45, 7) is 4.86. The summed E-state index contributed by atoms with van der Waals surface area (Å²) in [5.74, 6) is -2.62. The number of esters is 1. The number of rotatable bonds is 11. The normalized spacial score (nSPS) is 13.1. The number of halogens is 2. The molecule has 12 heteroatoms. The van der Waals surface area contributed by atoms with E-state index in [-0.39, 0.29) is 29.5 Å². The molecule has 0 saturated heterocycles. The fourth-order valence-corrected chi connectivity index (χ4v) is 5.19. The second-order valence-electron chi connectivity index (χ2n) is 12.4. The van der Waals surface area contributed by atoms with E-state index in [2.05, 4.69) is 10.6 Å². The van der Waals surface area contributed by atoms with Crippen molar-refractivity contribution in [1.29, 1.82) is 0 Å². The van der Waals surface area contributed by atoms with Crippen LogP contribution in [-0.2, 0) is 14.3 Å². The van der Waals surface area contributed by atoms with Crippen LogP contribution in [0.1, 0.15) is 56.8 Å². The topological polar surface area (TPSA) is 117 Å². The average molecular weight is 651 g/mol. The maximum Gasteiger partial charge on any atom is 0.338 e. The lowest BCUT2D eigenvalue weighted by Crippen LogP contribution is -2.43. The Morgan fingerprint density at radius 2 is 1.57 bits per heavy atom. The van der Waals surface area contributed by atoms with Gasteiger partial charge in [-0.25, -0.2) is 18.4 Å². The van der Waals surface area contributed by atoms with Crippen molar-refractivity contribution in [2.75, 3.05) is 41.9 Å². The second-order valence-corrected chi connectivity index (χ2v) is 12.4. The van der Waals surface area contributed by atoms with Gasteiger partial charge >= 0.3 is 12.0 Å². The highest BCUT2D eigenvalue weighted by atomic mass is 19.1. The van der Waals surface area contributed by atoms with Gasteiger partial charge in [0, 0.05) is 31.0 Å². The van der Waals surface area contributed by atoms with Crippen LogP contribution in [0, 0.1) is 17.6 Å². The largest absolute Gasteiger partial charge is 0.482 e. The molecule has 1 saturated carbocycles. The first-order valence-corrected chi connectivity index (χ1v) is 15.4. The molecule has 3 aromatic carbocycles. The quantitative estimate of drug-likeness (QED) is 0.235. The van der Waals surface area contributed by atoms with Crippen molar-refractivity contribution < 1.29 is 37.4 Å². The molecule has 0 atom stereocenters. The van der Waals surface area contributed by atoms with E-state index in [1.807, 2.05) is 0 Å². The summed E-state index contributed by atoms with van der Waals surface area (Å²) in [4.78, 5) is 54.4. The lowest BCUT2D eigenvalue weighted by Gasteiger charge is -2.28. The van der Waals surface area contributed by atoms with Crippen molar-refractivity contribution in [3.63, 3.8) is 0 Å². The van der Waals surface area contributed by atoms with Crippen molar-refractivity contribution in [3.05, 3.63) is 83.9 Å². The Morgan fingerprint density at radius 1 is 0.894 bits per heavy atom. The van der Waals surface area contributed by atoms with Crippen molar-refractivity contribution >= 4 is 40.9 Å². The maximum atomic E-state index is 13.7. The highest BCUT2D eigenvalue weighted by Crippen LogP contribution is 2.33. The molecule has 0 unspecified atom stereocenters. The number of hydrogen-bond donors (Lipinski definition) is 2. The first kappa shape index (κ1) is 34.9. The van der Waals surface area contributed by atoms with Gasteiger partial charge in [-0.05, 0) is 82.0 Å². The fraction of sp³-hybridized carbons (Fsp3) is 0.371. The van der Waals surface area contributed by atoms with E-state index in [1.165, 1.54) is 13.1 Å². The van der Waals surface area contributed by atoms with Crippen molar-refractivity contribution in [1.82, 2.24) is 5.32 Å². The third-order valence-electron chi connectivity index (χ3n) is 7.49. The van der Waals surface area contributed by atoms with E-state index in [0.717, 1.165) is 42.7 Å². The standard InChI is InChI=1S/C35H40F2N4O6/c1-35(2,3)47-33(44)24-12-9-13-27(16-24)39-34(45)38-20-31(42)41(21-23-10-5-6-11-23)29-14-7-8-15-30(29)46-22-32(43)40(4)28-18-25(36)17-26(37)19-28/h7-9,12-19,23H,5-6,10-11,20-22H2,1-4H3,(H2,38,39,45). The Labute approximate surface area is 273 Å². The van der Waals surface area contributed by atoms with Gasteiger partial charge in [-0.3, -0.25) is 9.59 Å². The Balaban J connectivity index is 1.43. The lowest BCUT2D eigenvalue weighted by atomic mass is 10.1. The molecule has 0 aliphatic heterocycles. The van der Waals surface area contributed by atoms with Gasteiger partial charge in [0.2, 0.25) is 5.91 Å². The minimum atomic E-state index is -0.816. The number of carbonyl (C=O) groups is 4. The van der Waals surface area contributed by atoms with Gasteiger partial charge in [-0.15, -0.1) is 0 Å². The molecule has 0 heterocycles. The van der Waals surface area contributed by atoms with Crippen LogP contribution in [0.3, 0.4) is 0 Å². The van der Waals surface area contributed by atoms with Crippen molar-refractivity contribution in [3.8, 4) is 5.75 Å². The Bertz CT molecular complexity index is 1580. The summed E-state index contributed by atoms with van der Waals surface area (Å²) in [7, 11) is 1.38. The van der Waals surface area contributed by atoms with Crippen molar-refractivity contribution in [2.24, 2.45) is 5.92 Å². The zero-order valence-electron chi connectivity index (χ0n) is 27.0. The zero-order chi connectivity index (χ0) is 34.1. The minimum Gasteiger partial charge on any atom is -0.482 e. The van der Waals surface area contributed by atoms with Gasteiger partial charge in [-0.2, -0.15) is 0 Å². The molecule has 1 fully saturated rings. The number of benzene rings is 3. The summed E-state index contributed by atoms with van der Waals surface area (Å²) < 4.78 is 38.7. The monoisotopic (exact) mass is 650 g/mol. The molecule has 0 spiro atoms. The van der Waals surface area contributed by atoms with E-state index in [4.69, 9.17) is 9.47 Å². The van der Waals surface area contributed by atoms with Crippen LogP contribution in [0.15, 0.2) is 66.7 Å². The summed E-state index contributed by atoms with van der Waals surface area (Å²) in [5.41, 5.74) is 0.380. The molecule has 10 nitrogen and oxygen atoms in total. The van der Waals surface area contributed by atoms with Crippen LogP contribution in [0.5, 0.6) is 5.75 Å². The van der Waals surface area contributed by atoms with E-state index in [9.17, 15) is 28.0 Å². The van der Waals surface area contributed by atoms with Crippen LogP contribution in [0.4, 0.5) is 30.6 Å². The molecule has 4 amide bonds. The van der Waals surface area contributed by atoms with Gasteiger partial charge in [0.15, 0.2) is 6.61 Å². The number of nitrogens with zero attached hydrogens (tertiary/aromatic N) is 2. The van der Waals surface area contributed by atoms with E-state index in [1.54, 1.807) is 68.1 Å². The fourth-order valence-electron chi connectivity index (χ4n) is 5.19. The van der Waals surface area contributed by atoms with Crippen LogP contribution in [-0.4, -0.2) is 56.2 Å². The predicted molar refractivity (Wildman–Crippen MR) is 175 cm³/mol. The van der Waals surface area contributed by atoms with Crippen LogP contribution >= 0.6 is 0 Å². The predicted octanol–water partition coefficient (Wildman–Crippen LogP) is 6.31. The number of carbonyl (C=O) groups excluding carboxylic acids is 4. The summed E-state index contributed by atoms with van der Waals surface area (Å²) >= 11 is 0. The molecule has 2 N–H and O–H groups in total. The number of para-hydroxylation sites is 2. The molecular formula is C35H40F2N4O6. The summed E-state index contributed by atoms with van der Waals surface area (Å²) in [6.07, 6.45) is 4.00. The van der Waals surface area contributed by atoms with Crippen LogP contribution < -0.4 is 25.2 Å². The van der Waals surface area contributed by atoms with Gasteiger partial charge in [0.05, 0.1) is 17.8 Å². The maximum absolute atomic E-state index is 13.7. The SMILES string of the molecule is CN(C(=O)COc1ccccc1N(CC1CCCC1)C(=O)CNC(=O)Nc1cccc(C(=O)OC(C)(C)C)c1)c1cc(F)cc(F)c1. The summed E-state index contributed by atoms with van der Waals surface area (Å²) in [6, 6.07) is 15.2. The first-order valence-electron chi connectivity index (χ1n) is 15.4. The van der Waals surface area contributed by atoms with E-state index >= 15 is 0 Å². The third-order valence-corrected chi connectivity index (χ3v) is 7.49. The molecule has 1 aliphatic carbocycles. The van der Waals surface area contributed by atoms with Crippen LogP contribution in [0.2, 0.25) is 0 Å². The highest BCUT2D eigenvalue weighted by Gasteiger charge is 2.26. The van der Waals surface area contributed by atoms with E-state index in [0.29, 0.717) is 24.0 Å².